The van der Waals surface area contributed by atoms with Crippen molar-refractivity contribution in [2.75, 3.05) is 22.8 Å². The zero-order valence-electron chi connectivity index (χ0n) is 25.9. The molecule has 244 valence electrons. The number of carbonyl (C=O) groups excluding carboxylic acids is 3. The van der Waals surface area contributed by atoms with Gasteiger partial charge in [0.2, 0.25) is 0 Å². The number of rotatable bonds is 12. The van der Waals surface area contributed by atoms with Crippen molar-refractivity contribution in [3.8, 4) is 0 Å². The largest absolute Gasteiger partial charge is 0.464 e. The van der Waals surface area contributed by atoms with Crippen molar-refractivity contribution in [1.82, 2.24) is 4.57 Å². The van der Waals surface area contributed by atoms with E-state index in [0.29, 0.717) is 23.0 Å². The number of hydrogen-bond acceptors (Lipinski definition) is 7. The molecule has 4 rings (SSSR count). The maximum absolute atomic E-state index is 14.1. The third kappa shape index (κ3) is 8.80. The highest BCUT2D eigenvalue weighted by molar-refractivity contribution is 7.92. The van der Waals surface area contributed by atoms with Gasteiger partial charge in [-0.3, -0.25) is 18.7 Å². The number of ether oxygens (including phenoxy) is 2. The molecule has 3 aromatic carbocycles. The topological polar surface area (TPSA) is 124 Å². The van der Waals surface area contributed by atoms with Gasteiger partial charge in [0.1, 0.15) is 18.7 Å². The molecule has 46 heavy (non-hydrogen) atoms. The Bertz CT molecular complexity index is 1830. The van der Waals surface area contributed by atoms with Gasteiger partial charge >= 0.3 is 11.9 Å². The lowest BCUT2D eigenvalue weighted by molar-refractivity contribution is -0.152. The van der Waals surface area contributed by atoms with Crippen LogP contribution < -0.4 is 9.62 Å². The number of nitrogens with zero attached hydrogens (tertiary/aromatic N) is 2. The van der Waals surface area contributed by atoms with Crippen LogP contribution in [0.15, 0.2) is 77.8 Å². The summed E-state index contributed by atoms with van der Waals surface area (Å²) in [4.78, 5) is 39.0. The van der Waals surface area contributed by atoms with Crippen molar-refractivity contribution < 1.29 is 32.3 Å². The van der Waals surface area contributed by atoms with E-state index in [1.165, 1.54) is 41.1 Å². The Balaban J connectivity index is 1.84. The van der Waals surface area contributed by atoms with Gasteiger partial charge < -0.3 is 19.4 Å². The third-order valence-electron chi connectivity index (χ3n) is 6.61. The highest BCUT2D eigenvalue weighted by Gasteiger charge is 2.31. The van der Waals surface area contributed by atoms with Crippen LogP contribution in [-0.2, 0) is 35.6 Å². The smallest absolute Gasteiger partial charge is 0.327 e. The van der Waals surface area contributed by atoms with Crippen molar-refractivity contribution in [2.45, 2.75) is 57.6 Å². The molecule has 0 unspecified atom stereocenters. The predicted octanol–water partition coefficient (Wildman–Crippen LogP) is 7.08. The molecule has 1 heterocycles. The Hall–Kier alpha value is -4.06. The van der Waals surface area contributed by atoms with Crippen LogP contribution in [0, 0.1) is 0 Å². The van der Waals surface area contributed by atoms with Crippen molar-refractivity contribution in [3.05, 3.63) is 88.5 Å². The van der Waals surface area contributed by atoms with Crippen LogP contribution in [0.4, 0.5) is 11.4 Å². The molecule has 0 fully saturated rings. The molecule has 1 N–H and O–H groups in total. The van der Waals surface area contributed by atoms with Crippen molar-refractivity contribution >= 4 is 73.3 Å². The van der Waals surface area contributed by atoms with E-state index in [2.05, 4.69) is 5.32 Å². The van der Waals surface area contributed by atoms with E-state index in [9.17, 15) is 22.8 Å². The van der Waals surface area contributed by atoms with E-state index < -0.39 is 40.0 Å². The lowest BCUT2D eigenvalue weighted by Gasteiger charge is -2.26. The van der Waals surface area contributed by atoms with Crippen LogP contribution in [0.3, 0.4) is 0 Å². The second-order valence-electron chi connectivity index (χ2n) is 11.5. The van der Waals surface area contributed by atoms with E-state index in [-0.39, 0.29) is 39.3 Å². The summed E-state index contributed by atoms with van der Waals surface area (Å²) in [6, 6.07) is 17.2. The van der Waals surface area contributed by atoms with Crippen LogP contribution in [-0.4, -0.2) is 49.6 Å². The minimum Gasteiger partial charge on any atom is -0.464 e. The van der Waals surface area contributed by atoms with E-state index in [1.807, 2.05) is 13.0 Å². The number of fused-ring (bicyclic) bond motifs is 1. The summed E-state index contributed by atoms with van der Waals surface area (Å²) in [6.07, 6.45) is 3.04. The standard InChI is InChI=1S/C33H35Cl2N3O7S/c1-5-6-14-44-30(39)20-37-19-28(32(41)36-24-10-8-7-9-11-24)27-13-12-25(18-29(27)37)38(21-31(40)45-33(2,3)4)46(42,43)26-16-22(34)15-23(35)17-26/h7-13,15-19H,5-6,14,20-21H2,1-4H3,(H,36,41). The van der Waals surface area contributed by atoms with Crippen molar-refractivity contribution in [2.24, 2.45) is 0 Å². The van der Waals surface area contributed by atoms with Crippen molar-refractivity contribution in [3.63, 3.8) is 0 Å². The van der Waals surface area contributed by atoms with Crippen LogP contribution in [0.5, 0.6) is 0 Å². The molecule has 0 spiro atoms. The third-order valence-corrected chi connectivity index (χ3v) is 8.80. The highest BCUT2D eigenvalue weighted by atomic mass is 35.5. The van der Waals surface area contributed by atoms with E-state index >= 15 is 0 Å². The van der Waals surface area contributed by atoms with Gasteiger partial charge in [-0.2, -0.15) is 0 Å². The first kappa shape index (κ1) is 34.8. The Morgan fingerprint density at radius 1 is 0.935 bits per heavy atom. The molecule has 0 aliphatic carbocycles. The van der Waals surface area contributed by atoms with Gasteiger partial charge in [-0.05, 0) is 75.7 Å². The minimum absolute atomic E-state index is 0.0724. The predicted molar refractivity (Wildman–Crippen MR) is 179 cm³/mol. The quantitative estimate of drug-likeness (QED) is 0.125. The first-order valence-corrected chi connectivity index (χ1v) is 16.7. The van der Waals surface area contributed by atoms with Gasteiger partial charge in [0.05, 0.1) is 28.3 Å². The minimum atomic E-state index is -4.44. The summed E-state index contributed by atoms with van der Waals surface area (Å²) in [5.41, 5.74) is 0.359. The normalized spacial score (nSPS) is 11.7. The van der Waals surface area contributed by atoms with Crippen LogP contribution >= 0.6 is 23.2 Å². The summed E-state index contributed by atoms with van der Waals surface area (Å²) < 4.78 is 41.3. The number of halogens is 2. The zero-order valence-corrected chi connectivity index (χ0v) is 28.2. The lowest BCUT2D eigenvalue weighted by atomic mass is 10.1. The molecule has 0 aliphatic heterocycles. The number of nitrogens with one attached hydrogen (secondary N) is 1. The molecule has 1 amide bonds. The van der Waals surface area contributed by atoms with E-state index in [4.69, 9.17) is 32.7 Å². The Kier molecular flexibility index (Phi) is 11.0. The molecule has 4 aromatic rings. The lowest BCUT2D eigenvalue weighted by Crippen LogP contribution is -2.39. The number of hydrogen-bond donors (Lipinski definition) is 1. The maximum Gasteiger partial charge on any atom is 0.327 e. The molecule has 0 aliphatic rings. The summed E-state index contributed by atoms with van der Waals surface area (Å²) in [7, 11) is -4.44. The van der Waals surface area contributed by atoms with Gasteiger partial charge in [-0.1, -0.05) is 54.7 Å². The number of unbranched alkanes of at least 4 members (excludes halogenated alkanes) is 1. The van der Waals surface area contributed by atoms with Crippen LogP contribution in [0.2, 0.25) is 10.0 Å². The number of anilines is 2. The molecular weight excluding hydrogens is 653 g/mol. The number of aromatic nitrogens is 1. The maximum atomic E-state index is 14.1. The molecule has 10 nitrogen and oxygen atoms in total. The first-order chi connectivity index (χ1) is 21.7. The summed E-state index contributed by atoms with van der Waals surface area (Å²) in [6.45, 7) is 6.29. The molecule has 0 saturated heterocycles. The Labute approximate surface area is 278 Å². The van der Waals surface area contributed by atoms with Crippen LogP contribution in [0.25, 0.3) is 10.9 Å². The van der Waals surface area contributed by atoms with Gasteiger partial charge in [0.25, 0.3) is 15.9 Å². The number of sulfonamides is 1. The molecule has 0 atom stereocenters. The molecular formula is C33H35Cl2N3O7S. The van der Waals surface area contributed by atoms with Crippen molar-refractivity contribution in [1.29, 1.82) is 0 Å². The SMILES string of the molecule is CCCCOC(=O)Cn1cc(C(=O)Nc2ccccc2)c2ccc(N(CC(=O)OC(C)(C)C)S(=O)(=O)c3cc(Cl)cc(Cl)c3)cc21. The van der Waals surface area contributed by atoms with Gasteiger partial charge in [-0.15, -0.1) is 0 Å². The molecule has 0 radical (unpaired) electrons. The fourth-order valence-electron chi connectivity index (χ4n) is 4.59. The second kappa shape index (κ2) is 14.6. The van der Waals surface area contributed by atoms with Crippen LogP contribution in [0.1, 0.15) is 50.9 Å². The number of carbonyl (C=O) groups is 3. The average molecular weight is 689 g/mol. The number of para-hydroxylation sites is 1. The number of benzene rings is 3. The van der Waals surface area contributed by atoms with E-state index in [1.54, 1.807) is 51.1 Å². The summed E-state index contributed by atoms with van der Waals surface area (Å²) in [5.74, 6) is -1.77. The fourth-order valence-corrected chi connectivity index (χ4v) is 6.72. The fraction of sp³-hybridized carbons (Fsp3) is 0.303. The van der Waals surface area contributed by atoms with E-state index in [0.717, 1.165) is 10.7 Å². The second-order valence-corrected chi connectivity index (χ2v) is 14.2. The Morgan fingerprint density at radius 3 is 2.24 bits per heavy atom. The van der Waals surface area contributed by atoms with Gasteiger partial charge in [0.15, 0.2) is 0 Å². The molecule has 0 bridgehead atoms. The average Bonchev–Trinajstić information content (AvgIpc) is 3.32. The first-order valence-electron chi connectivity index (χ1n) is 14.5. The number of amides is 1. The highest BCUT2D eigenvalue weighted by Crippen LogP contribution is 2.32. The summed E-state index contributed by atoms with van der Waals surface area (Å²) >= 11 is 12.3. The van der Waals surface area contributed by atoms with Gasteiger partial charge in [-0.25, -0.2) is 8.42 Å². The molecule has 0 saturated carbocycles. The number of esters is 2. The van der Waals surface area contributed by atoms with Gasteiger partial charge in [0, 0.05) is 27.3 Å². The summed E-state index contributed by atoms with van der Waals surface area (Å²) in [5, 5.41) is 3.46. The monoisotopic (exact) mass is 687 g/mol. The molecule has 13 heteroatoms. The zero-order chi connectivity index (χ0) is 33.6. The Morgan fingerprint density at radius 2 is 1.61 bits per heavy atom. The molecule has 1 aromatic heterocycles.